The van der Waals surface area contributed by atoms with Crippen molar-refractivity contribution in [2.24, 2.45) is 11.8 Å². The Hall–Kier alpha value is -1.74. The molecule has 1 N–H and O–H groups in total. The van der Waals surface area contributed by atoms with E-state index in [-0.39, 0.29) is 29.9 Å². The fourth-order valence-electron chi connectivity index (χ4n) is 5.84. The molecule has 6 nitrogen and oxygen atoms in total. The van der Waals surface area contributed by atoms with Crippen molar-refractivity contribution in [1.29, 1.82) is 0 Å². The highest BCUT2D eigenvalue weighted by molar-refractivity contribution is 7.99. The molecular formula is C31H42ClN3O3S2. The first kappa shape index (κ1) is 31.2. The van der Waals surface area contributed by atoms with Crippen LogP contribution in [0.2, 0.25) is 5.02 Å². The lowest BCUT2D eigenvalue weighted by molar-refractivity contribution is -0.129. The van der Waals surface area contributed by atoms with Gasteiger partial charge in [0.05, 0.1) is 21.1 Å². The maximum atomic E-state index is 13.6. The van der Waals surface area contributed by atoms with E-state index in [4.69, 9.17) is 16.6 Å². The topological polar surface area (TPSA) is 79.4 Å². The summed E-state index contributed by atoms with van der Waals surface area (Å²) in [6, 6.07) is 5.48. The van der Waals surface area contributed by atoms with Crippen molar-refractivity contribution in [1.82, 2.24) is 15.2 Å². The lowest BCUT2D eigenvalue weighted by Gasteiger charge is -2.29. The van der Waals surface area contributed by atoms with E-state index in [2.05, 4.69) is 16.8 Å². The summed E-state index contributed by atoms with van der Waals surface area (Å²) in [7, 11) is 0. The molecule has 40 heavy (non-hydrogen) atoms. The third kappa shape index (κ3) is 9.68. The minimum atomic E-state index is -0.495. The van der Waals surface area contributed by atoms with Crippen molar-refractivity contribution in [3.05, 3.63) is 40.4 Å². The standard InChI is InChI=1S/C31H42ClN3O3S2/c1-21(20-35-12-14-39-15-13-35)28(37)11-9-26(17-23-6-4-3-5-7-23)33-31(38)24(16-22(2)36)18-30-34-27-10-8-25(32)19-29(27)40-30/h8,10,19,23-24,26H,1,3-7,9,11-18,20H2,2H3,(H,33,38)/t24-,26+/m0/s1. The summed E-state index contributed by atoms with van der Waals surface area (Å²) < 4.78 is 0.974. The molecule has 1 aromatic carbocycles. The summed E-state index contributed by atoms with van der Waals surface area (Å²) >= 11 is 9.62. The Bertz CT molecular complexity index is 1190. The number of thioether (sulfide) groups is 1. The molecule has 2 fully saturated rings. The van der Waals surface area contributed by atoms with Crippen molar-refractivity contribution in [2.45, 2.75) is 77.2 Å². The maximum Gasteiger partial charge on any atom is 0.224 e. The zero-order chi connectivity index (χ0) is 28.5. The van der Waals surface area contributed by atoms with Crippen LogP contribution in [0.5, 0.6) is 0 Å². The van der Waals surface area contributed by atoms with Gasteiger partial charge in [0.1, 0.15) is 5.78 Å². The number of rotatable bonds is 14. The Morgan fingerprint density at radius 3 is 2.65 bits per heavy atom. The van der Waals surface area contributed by atoms with Gasteiger partial charge in [0.2, 0.25) is 5.91 Å². The van der Waals surface area contributed by atoms with E-state index < -0.39 is 5.92 Å². The van der Waals surface area contributed by atoms with Crippen LogP contribution in [-0.4, -0.2) is 64.5 Å². The monoisotopic (exact) mass is 603 g/mol. The molecule has 1 aliphatic heterocycles. The van der Waals surface area contributed by atoms with Gasteiger partial charge in [-0.05, 0) is 43.9 Å². The summed E-state index contributed by atoms with van der Waals surface area (Å²) in [5.74, 6) is 2.22. The Morgan fingerprint density at radius 2 is 1.93 bits per heavy atom. The molecule has 2 heterocycles. The Morgan fingerprint density at radius 1 is 1.18 bits per heavy atom. The minimum Gasteiger partial charge on any atom is -0.353 e. The number of aromatic nitrogens is 1. The second-order valence-corrected chi connectivity index (χ2v) is 14.2. The number of halogens is 1. The molecule has 2 aliphatic rings. The lowest BCUT2D eigenvalue weighted by Crippen LogP contribution is -2.41. The van der Waals surface area contributed by atoms with Gasteiger partial charge < -0.3 is 10.1 Å². The number of carbonyl (C=O) groups is 3. The molecule has 1 aromatic heterocycles. The minimum absolute atomic E-state index is 0.0178. The van der Waals surface area contributed by atoms with Crippen molar-refractivity contribution in [3.63, 3.8) is 0 Å². The van der Waals surface area contributed by atoms with Gasteiger partial charge in [0.25, 0.3) is 0 Å². The first-order chi connectivity index (χ1) is 19.3. The molecule has 0 unspecified atom stereocenters. The highest BCUT2D eigenvalue weighted by Crippen LogP contribution is 2.30. The molecule has 1 aliphatic carbocycles. The molecule has 1 amide bonds. The lowest BCUT2D eigenvalue weighted by atomic mass is 9.83. The quantitative estimate of drug-likeness (QED) is 0.248. The van der Waals surface area contributed by atoms with Gasteiger partial charge in [0, 0.05) is 67.0 Å². The summed E-state index contributed by atoms with van der Waals surface area (Å²) in [5, 5.41) is 4.75. The van der Waals surface area contributed by atoms with Gasteiger partial charge >= 0.3 is 0 Å². The number of thiazole rings is 1. The maximum absolute atomic E-state index is 13.6. The number of benzene rings is 1. The first-order valence-electron chi connectivity index (χ1n) is 14.6. The molecule has 9 heteroatoms. The van der Waals surface area contributed by atoms with Crippen LogP contribution in [0.4, 0.5) is 0 Å². The number of fused-ring (bicyclic) bond motifs is 1. The third-order valence-electron chi connectivity index (χ3n) is 8.04. The summed E-state index contributed by atoms with van der Waals surface area (Å²) in [6.45, 7) is 8.25. The van der Waals surface area contributed by atoms with Gasteiger partial charge in [-0.15, -0.1) is 11.3 Å². The molecular weight excluding hydrogens is 562 g/mol. The number of Topliss-reactive ketones (excluding diaryl/α,β-unsaturated/α-hetero) is 2. The number of hydrogen-bond donors (Lipinski definition) is 1. The van der Waals surface area contributed by atoms with Crippen LogP contribution in [0, 0.1) is 11.8 Å². The van der Waals surface area contributed by atoms with Gasteiger partial charge in [0.15, 0.2) is 5.78 Å². The van der Waals surface area contributed by atoms with Crippen LogP contribution in [0.1, 0.15) is 69.7 Å². The number of nitrogens with one attached hydrogen (secondary N) is 1. The van der Waals surface area contributed by atoms with Crippen molar-refractivity contribution < 1.29 is 14.4 Å². The summed E-state index contributed by atoms with van der Waals surface area (Å²) in [6.07, 6.45) is 8.50. The van der Waals surface area contributed by atoms with Gasteiger partial charge in [-0.25, -0.2) is 4.98 Å². The Labute approximate surface area is 251 Å². The molecule has 1 saturated carbocycles. The normalized spacial score (nSPS) is 18.4. The predicted molar refractivity (Wildman–Crippen MR) is 167 cm³/mol. The fraction of sp³-hybridized carbons (Fsp3) is 0.613. The summed E-state index contributed by atoms with van der Waals surface area (Å²) in [5.41, 5.74) is 1.52. The molecule has 0 spiro atoms. The molecule has 1 saturated heterocycles. The van der Waals surface area contributed by atoms with Gasteiger partial charge in [-0.2, -0.15) is 11.8 Å². The van der Waals surface area contributed by atoms with Crippen LogP contribution in [-0.2, 0) is 20.8 Å². The number of hydrogen-bond acceptors (Lipinski definition) is 7. The van der Waals surface area contributed by atoms with Crippen molar-refractivity contribution >= 4 is 62.4 Å². The van der Waals surface area contributed by atoms with Crippen LogP contribution in [0.15, 0.2) is 30.4 Å². The van der Waals surface area contributed by atoms with Crippen LogP contribution in [0.3, 0.4) is 0 Å². The molecule has 218 valence electrons. The van der Waals surface area contributed by atoms with Crippen LogP contribution >= 0.6 is 34.7 Å². The first-order valence-corrected chi connectivity index (χ1v) is 17.0. The zero-order valence-corrected chi connectivity index (χ0v) is 26.0. The number of ketones is 2. The largest absolute Gasteiger partial charge is 0.353 e. The van der Waals surface area contributed by atoms with Crippen LogP contribution in [0.25, 0.3) is 10.2 Å². The highest BCUT2D eigenvalue weighted by Gasteiger charge is 2.27. The van der Waals surface area contributed by atoms with E-state index in [1.54, 1.807) is 0 Å². The SMILES string of the molecule is C=C(CN1CCSCC1)C(=O)CC[C@H](CC1CCCCC1)NC(=O)[C@@H](CC(C)=O)Cc1nc2ccc(Cl)cc2s1. The van der Waals surface area contributed by atoms with E-state index in [9.17, 15) is 14.4 Å². The number of carbonyl (C=O) groups excluding carboxylic acids is 3. The Kier molecular flexibility index (Phi) is 12.1. The summed E-state index contributed by atoms with van der Waals surface area (Å²) in [4.78, 5) is 45.8. The Balaban J connectivity index is 1.40. The fourth-order valence-corrected chi connectivity index (χ4v) is 8.14. The predicted octanol–water partition coefficient (Wildman–Crippen LogP) is 6.50. The molecule has 0 bridgehead atoms. The van der Waals surface area contributed by atoms with Crippen molar-refractivity contribution in [2.75, 3.05) is 31.1 Å². The number of amides is 1. The van der Waals surface area contributed by atoms with Crippen molar-refractivity contribution in [3.8, 4) is 0 Å². The van der Waals surface area contributed by atoms with E-state index in [1.807, 2.05) is 30.0 Å². The zero-order valence-electron chi connectivity index (χ0n) is 23.6. The average Bonchev–Trinajstić information content (AvgIpc) is 3.33. The van der Waals surface area contributed by atoms with E-state index >= 15 is 0 Å². The number of nitrogens with zero attached hydrogens (tertiary/aromatic N) is 2. The van der Waals surface area contributed by atoms with Gasteiger partial charge in [-0.1, -0.05) is 50.3 Å². The molecule has 2 atom stereocenters. The second-order valence-electron chi connectivity index (χ2n) is 11.4. The van der Waals surface area contributed by atoms with Crippen LogP contribution < -0.4 is 5.32 Å². The average molecular weight is 604 g/mol. The molecule has 2 aromatic rings. The molecule has 0 radical (unpaired) electrons. The van der Waals surface area contributed by atoms with Gasteiger partial charge in [-0.3, -0.25) is 14.5 Å². The third-order valence-corrected chi connectivity index (χ3v) is 10.3. The second kappa shape index (κ2) is 15.5. The highest BCUT2D eigenvalue weighted by atomic mass is 35.5. The van der Waals surface area contributed by atoms with E-state index in [0.717, 1.165) is 46.2 Å². The smallest absolute Gasteiger partial charge is 0.224 e. The van der Waals surface area contributed by atoms with E-state index in [0.29, 0.717) is 42.3 Å². The van der Waals surface area contributed by atoms with E-state index in [1.165, 1.54) is 50.4 Å². The molecule has 4 rings (SSSR count).